The molecule has 1 heterocycles. The van der Waals surface area contributed by atoms with Gasteiger partial charge in [-0.15, -0.1) is 0 Å². The van der Waals surface area contributed by atoms with Crippen molar-refractivity contribution in [3.05, 3.63) is 35.8 Å². The van der Waals surface area contributed by atoms with Gasteiger partial charge in [0.05, 0.1) is 11.4 Å². The van der Waals surface area contributed by atoms with Gasteiger partial charge in [0.1, 0.15) is 0 Å². The Labute approximate surface area is 198 Å². The number of hydrogen-bond acceptors (Lipinski definition) is 2. The van der Waals surface area contributed by atoms with Crippen molar-refractivity contribution in [3.63, 3.8) is 0 Å². The summed E-state index contributed by atoms with van der Waals surface area (Å²) in [5.41, 5.74) is 4.97. The van der Waals surface area contributed by atoms with Crippen molar-refractivity contribution < 1.29 is 0 Å². The highest BCUT2D eigenvalue weighted by molar-refractivity contribution is 5.52. The van der Waals surface area contributed by atoms with Crippen LogP contribution in [0.15, 0.2) is 24.4 Å². The number of unbranched alkanes of at least 4 members (excludes halogenated alkanes) is 1. The summed E-state index contributed by atoms with van der Waals surface area (Å²) in [5, 5.41) is 3.71. The summed E-state index contributed by atoms with van der Waals surface area (Å²) in [6, 6.07) is 4.29. The van der Waals surface area contributed by atoms with Crippen molar-refractivity contribution in [2.75, 3.05) is 5.32 Å². The molecular formula is C30H48N2. The fourth-order valence-corrected chi connectivity index (χ4v) is 8.50. The molecule has 3 aliphatic carbocycles. The highest BCUT2D eigenvalue weighted by Gasteiger charge is 2.56. The molecule has 1 aromatic heterocycles. The van der Waals surface area contributed by atoms with E-state index in [0.717, 1.165) is 46.7 Å². The van der Waals surface area contributed by atoms with Crippen LogP contribution < -0.4 is 5.32 Å². The number of anilines is 1. The Balaban J connectivity index is 1.49. The van der Waals surface area contributed by atoms with Gasteiger partial charge in [0.15, 0.2) is 0 Å². The molecule has 7 unspecified atom stereocenters. The molecule has 0 aromatic carbocycles. The van der Waals surface area contributed by atoms with E-state index in [-0.39, 0.29) is 0 Å². The highest BCUT2D eigenvalue weighted by Crippen LogP contribution is 2.64. The van der Waals surface area contributed by atoms with E-state index in [2.05, 4.69) is 63.6 Å². The van der Waals surface area contributed by atoms with Gasteiger partial charge in [0.2, 0.25) is 0 Å². The SMILES string of the molecule is C=C(Nc1ccc(C)nc1C)C1CCC2C3CCC(CCC)C(CCCC)C3CCC12C. The summed E-state index contributed by atoms with van der Waals surface area (Å²) in [6.45, 7) is 16.2. The van der Waals surface area contributed by atoms with Gasteiger partial charge in [-0.1, -0.05) is 53.0 Å². The quantitative estimate of drug-likeness (QED) is 0.441. The third-order valence-corrected chi connectivity index (χ3v) is 10.0. The number of nitrogens with zero attached hydrogens (tertiary/aromatic N) is 1. The Morgan fingerprint density at radius 3 is 2.56 bits per heavy atom. The van der Waals surface area contributed by atoms with Gasteiger partial charge in [-0.05, 0) is 106 Å². The lowest BCUT2D eigenvalue weighted by atomic mass is 9.50. The zero-order chi connectivity index (χ0) is 22.9. The second-order valence-corrected chi connectivity index (χ2v) is 11.8. The van der Waals surface area contributed by atoms with Crippen molar-refractivity contribution in [2.24, 2.45) is 40.9 Å². The minimum absolute atomic E-state index is 0.421. The smallest absolute Gasteiger partial charge is 0.0610 e. The molecule has 32 heavy (non-hydrogen) atoms. The molecule has 0 radical (unpaired) electrons. The number of aromatic nitrogens is 1. The zero-order valence-electron chi connectivity index (χ0n) is 21.6. The standard InChI is InChI=1S/C30H48N2/c1-7-9-11-24-23(10-8-2)13-14-26-25(24)18-19-30(6)27(15-16-28(26)30)21(4)32-29-17-12-20(3)31-22(29)5/h12,17,23-28,32H,4,7-11,13-16,18-19H2,1-3,5-6H3. The van der Waals surface area contributed by atoms with Crippen LogP contribution in [0, 0.1) is 54.8 Å². The number of fused-ring (bicyclic) bond motifs is 3. The van der Waals surface area contributed by atoms with Crippen LogP contribution in [0.1, 0.15) is 103 Å². The van der Waals surface area contributed by atoms with E-state index < -0.39 is 0 Å². The first-order chi connectivity index (χ1) is 15.4. The van der Waals surface area contributed by atoms with E-state index in [4.69, 9.17) is 0 Å². The highest BCUT2D eigenvalue weighted by atomic mass is 14.9. The van der Waals surface area contributed by atoms with E-state index in [1.165, 1.54) is 76.3 Å². The van der Waals surface area contributed by atoms with Gasteiger partial charge in [-0.25, -0.2) is 0 Å². The summed E-state index contributed by atoms with van der Waals surface area (Å²) < 4.78 is 0. The second kappa shape index (κ2) is 9.90. The lowest BCUT2D eigenvalue weighted by molar-refractivity contribution is -0.0513. The van der Waals surface area contributed by atoms with Crippen LogP contribution in [0.5, 0.6) is 0 Å². The van der Waals surface area contributed by atoms with Gasteiger partial charge in [0, 0.05) is 17.3 Å². The van der Waals surface area contributed by atoms with E-state index in [1.807, 2.05) is 0 Å². The van der Waals surface area contributed by atoms with Crippen molar-refractivity contribution in [2.45, 2.75) is 105 Å². The molecule has 178 valence electrons. The Morgan fingerprint density at radius 1 is 1.03 bits per heavy atom. The summed E-state index contributed by atoms with van der Waals surface area (Å²) in [4.78, 5) is 4.66. The Kier molecular flexibility index (Phi) is 7.37. The Bertz CT molecular complexity index is 798. The number of rotatable bonds is 8. The van der Waals surface area contributed by atoms with E-state index >= 15 is 0 Å². The topological polar surface area (TPSA) is 24.9 Å². The van der Waals surface area contributed by atoms with Gasteiger partial charge < -0.3 is 5.32 Å². The molecule has 3 aliphatic rings. The van der Waals surface area contributed by atoms with E-state index in [9.17, 15) is 0 Å². The molecular weight excluding hydrogens is 388 g/mol. The number of allylic oxidation sites excluding steroid dienone is 1. The molecule has 1 N–H and O–H groups in total. The Morgan fingerprint density at radius 2 is 1.84 bits per heavy atom. The fourth-order valence-electron chi connectivity index (χ4n) is 8.50. The lowest BCUT2D eigenvalue weighted by Crippen LogP contribution is -2.47. The summed E-state index contributed by atoms with van der Waals surface area (Å²) in [5.74, 6) is 5.45. The molecule has 0 amide bonds. The van der Waals surface area contributed by atoms with Crippen LogP contribution >= 0.6 is 0 Å². The van der Waals surface area contributed by atoms with E-state index in [0.29, 0.717) is 11.3 Å². The monoisotopic (exact) mass is 436 g/mol. The molecule has 0 spiro atoms. The second-order valence-electron chi connectivity index (χ2n) is 11.8. The third-order valence-electron chi connectivity index (χ3n) is 10.0. The minimum atomic E-state index is 0.421. The first kappa shape index (κ1) is 23.8. The minimum Gasteiger partial charge on any atom is -0.358 e. The van der Waals surface area contributed by atoms with E-state index in [1.54, 1.807) is 0 Å². The summed E-state index contributed by atoms with van der Waals surface area (Å²) in [7, 11) is 0. The molecule has 7 atom stereocenters. The largest absolute Gasteiger partial charge is 0.358 e. The normalized spacial score (nSPS) is 36.4. The molecule has 0 saturated heterocycles. The average molecular weight is 437 g/mol. The van der Waals surface area contributed by atoms with Gasteiger partial charge in [0.25, 0.3) is 0 Å². The number of pyridine rings is 1. The first-order valence-electron chi connectivity index (χ1n) is 13.8. The van der Waals surface area contributed by atoms with Gasteiger partial charge >= 0.3 is 0 Å². The van der Waals surface area contributed by atoms with Gasteiger partial charge in [-0.3, -0.25) is 4.98 Å². The molecule has 0 bridgehead atoms. The lowest BCUT2D eigenvalue weighted by Gasteiger charge is -2.55. The van der Waals surface area contributed by atoms with Crippen molar-refractivity contribution in [1.29, 1.82) is 0 Å². The van der Waals surface area contributed by atoms with Crippen LogP contribution in [-0.4, -0.2) is 4.98 Å². The van der Waals surface area contributed by atoms with Crippen LogP contribution in [0.4, 0.5) is 5.69 Å². The summed E-state index contributed by atoms with van der Waals surface area (Å²) >= 11 is 0. The van der Waals surface area contributed by atoms with Crippen molar-refractivity contribution in [1.82, 2.24) is 4.98 Å². The van der Waals surface area contributed by atoms with Crippen LogP contribution in [0.3, 0.4) is 0 Å². The van der Waals surface area contributed by atoms with Crippen LogP contribution in [0.2, 0.25) is 0 Å². The van der Waals surface area contributed by atoms with Gasteiger partial charge in [-0.2, -0.15) is 0 Å². The van der Waals surface area contributed by atoms with Crippen LogP contribution in [0.25, 0.3) is 0 Å². The summed E-state index contributed by atoms with van der Waals surface area (Å²) in [6.07, 6.45) is 15.7. The van der Waals surface area contributed by atoms with Crippen molar-refractivity contribution >= 4 is 5.69 Å². The van der Waals surface area contributed by atoms with Crippen LogP contribution in [-0.2, 0) is 0 Å². The molecule has 1 aromatic rings. The molecule has 3 saturated carbocycles. The third kappa shape index (κ3) is 4.40. The number of aryl methyl sites for hydroxylation is 2. The number of hydrogen-bond donors (Lipinski definition) is 1. The molecule has 2 nitrogen and oxygen atoms in total. The number of nitrogens with one attached hydrogen (secondary N) is 1. The molecule has 0 aliphatic heterocycles. The molecule has 2 heteroatoms. The molecule has 3 fully saturated rings. The maximum atomic E-state index is 4.66. The predicted molar refractivity (Wildman–Crippen MR) is 138 cm³/mol. The Hall–Kier alpha value is -1.31. The predicted octanol–water partition coefficient (Wildman–Crippen LogP) is 8.70. The fraction of sp³-hybridized carbons (Fsp3) is 0.767. The average Bonchev–Trinajstić information content (AvgIpc) is 3.12. The molecule has 4 rings (SSSR count). The van der Waals surface area contributed by atoms with Crippen molar-refractivity contribution in [3.8, 4) is 0 Å². The first-order valence-corrected chi connectivity index (χ1v) is 13.8. The maximum absolute atomic E-state index is 4.66. The zero-order valence-corrected chi connectivity index (χ0v) is 21.6. The maximum Gasteiger partial charge on any atom is 0.0610 e.